The summed E-state index contributed by atoms with van der Waals surface area (Å²) in [4.78, 5) is 0.0174. The van der Waals surface area contributed by atoms with E-state index in [1.54, 1.807) is 24.3 Å². The number of ether oxygens (including phenoxy) is 2. The predicted octanol–water partition coefficient (Wildman–Crippen LogP) is 5.77. The highest BCUT2D eigenvalue weighted by molar-refractivity contribution is 7.92. The summed E-state index contributed by atoms with van der Waals surface area (Å²) < 4.78 is 45.6. The highest BCUT2D eigenvalue weighted by atomic mass is 32.2. The minimum Gasteiger partial charge on any atom is -0.495 e. The number of aromatic amines is 1. The molecule has 0 unspecified atom stereocenters. The van der Waals surface area contributed by atoms with Crippen LogP contribution in [0.1, 0.15) is 18.2 Å². The molecule has 3 N–H and O–H groups in total. The number of rotatable bonds is 9. The van der Waals surface area contributed by atoms with Gasteiger partial charge >= 0.3 is 0 Å². The lowest BCUT2D eigenvalue weighted by Gasteiger charge is -2.10. The van der Waals surface area contributed by atoms with Crippen LogP contribution in [0, 0.1) is 6.92 Å². The van der Waals surface area contributed by atoms with Crippen molar-refractivity contribution in [2.24, 2.45) is 0 Å². The van der Waals surface area contributed by atoms with Gasteiger partial charge in [-0.3, -0.25) is 9.82 Å². The number of benzene rings is 3. The van der Waals surface area contributed by atoms with Crippen molar-refractivity contribution < 1.29 is 22.4 Å². The fourth-order valence-electron chi connectivity index (χ4n) is 3.68. The van der Waals surface area contributed by atoms with Crippen molar-refractivity contribution in [2.75, 3.05) is 17.1 Å². The Bertz CT molecular complexity index is 1660. The second-order valence-electron chi connectivity index (χ2n) is 8.33. The van der Waals surface area contributed by atoms with Gasteiger partial charge in [0.2, 0.25) is 0 Å². The minimum absolute atomic E-state index is 0.0174. The van der Waals surface area contributed by atoms with Crippen molar-refractivity contribution in [1.29, 1.82) is 0 Å². The number of hydrogen-bond acceptors (Lipinski definition) is 8. The van der Waals surface area contributed by atoms with Crippen LogP contribution in [0.25, 0.3) is 11.0 Å². The maximum atomic E-state index is 13.2. The topological polar surface area (TPSA) is 131 Å². The number of sulfonamides is 1. The molecule has 0 fully saturated rings. The molecule has 0 aliphatic rings. The minimum atomic E-state index is -4.00. The Labute approximate surface area is 213 Å². The van der Waals surface area contributed by atoms with E-state index in [4.69, 9.17) is 14.0 Å². The number of hydrogen-bond donors (Lipinski definition) is 3. The van der Waals surface area contributed by atoms with Crippen LogP contribution in [-0.4, -0.2) is 30.9 Å². The molecule has 0 saturated carbocycles. The molecule has 0 bridgehead atoms. The molecular weight excluding hydrogens is 494 g/mol. The van der Waals surface area contributed by atoms with Crippen molar-refractivity contribution >= 4 is 38.3 Å². The molecule has 3 aromatic carbocycles. The molecule has 0 saturated heterocycles. The first-order valence-corrected chi connectivity index (χ1v) is 13.0. The Kier molecular flexibility index (Phi) is 6.45. The van der Waals surface area contributed by atoms with Gasteiger partial charge in [-0.25, -0.2) is 8.42 Å². The Morgan fingerprint density at radius 2 is 1.84 bits per heavy atom. The first-order valence-electron chi connectivity index (χ1n) is 11.5. The van der Waals surface area contributed by atoms with Gasteiger partial charge in [0.05, 0.1) is 23.1 Å². The molecule has 5 rings (SSSR count). The number of aromatic nitrogens is 3. The van der Waals surface area contributed by atoms with E-state index < -0.39 is 10.0 Å². The molecule has 0 amide bonds. The number of aryl methyl sites for hydroxylation is 2. The number of anilines is 3. The van der Waals surface area contributed by atoms with Crippen molar-refractivity contribution in [3.05, 3.63) is 78.0 Å². The zero-order valence-electron chi connectivity index (χ0n) is 20.4. The molecule has 10 nitrogen and oxygen atoms in total. The standard InChI is InChI=1S/C26H25N5O5S/c1-4-17-12-25(29-28-17)27-22-15-23-21(14-24(22)34-3)26(30-36-23)31-37(32,33)20-7-5-6-19(13-20)35-18-10-8-16(2)9-11-18/h5-15H,4H2,1-3H3,(H,30,31)(H2,27,28,29). The van der Waals surface area contributed by atoms with Crippen molar-refractivity contribution in [3.8, 4) is 17.2 Å². The molecule has 190 valence electrons. The quantitative estimate of drug-likeness (QED) is 0.224. The van der Waals surface area contributed by atoms with Gasteiger partial charge in [0, 0.05) is 23.9 Å². The monoisotopic (exact) mass is 519 g/mol. The lowest BCUT2D eigenvalue weighted by Crippen LogP contribution is -2.13. The smallest absolute Gasteiger partial charge is 0.263 e. The third-order valence-electron chi connectivity index (χ3n) is 5.67. The van der Waals surface area contributed by atoms with E-state index in [0.717, 1.165) is 17.7 Å². The number of nitrogens with one attached hydrogen (secondary N) is 3. The normalized spacial score (nSPS) is 11.4. The summed E-state index contributed by atoms with van der Waals surface area (Å²) in [5, 5.41) is 14.7. The Balaban J connectivity index is 1.40. The molecule has 2 aromatic heterocycles. The maximum Gasteiger partial charge on any atom is 0.263 e. The highest BCUT2D eigenvalue weighted by Crippen LogP contribution is 2.36. The van der Waals surface area contributed by atoms with E-state index in [1.165, 1.54) is 19.2 Å². The van der Waals surface area contributed by atoms with Crippen molar-refractivity contribution in [3.63, 3.8) is 0 Å². The van der Waals surface area contributed by atoms with E-state index in [1.807, 2.05) is 44.2 Å². The summed E-state index contributed by atoms with van der Waals surface area (Å²) in [5.41, 5.74) is 3.03. The van der Waals surface area contributed by atoms with E-state index >= 15 is 0 Å². The molecule has 37 heavy (non-hydrogen) atoms. The highest BCUT2D eigenvalue weighted by Gasteiger charge is 2.21. The van der Waals surface area contributed by atoms with E-state index in [2.05, 4.69) is 25.4 Å². The number of methoxy groups -OCH3 is 1. The fourth-order valence-corrected chi connectivity index (χ4v) is 4.73. The van der Waals surface area contributed by atoms with Crippen molar-refractivity contribution in [1.82, 2.24) is 15.4 Å². The van der Waals surface area contributed by atoms with Crippen LogP contribution in [0.2, 0.25) is 0 Å². The molecule has 0 aliphatic heterocycles. The van der Waals surface area contributed by atoms with Crippen LogP contribution in [0.3, 0.4) is 0 Å². The first-order chi connectivity index (χ1) is 17.8. The van der Waals surface area contributed by atoms with Gasteiger partial charge in [-0.05, 0) is 43.7 Å². The summed E-state index contributed by atoms with van der Waals surface area (Å²) in [7, 11) is -2.48. The number of fused-ring (bicyclic) bond motifs is 1. The van der Waals surface area contributed by atoms with Crippen LogP contribution < -0.4 is 19.5 Å². The molecule has 5 aromatic rings. The Hall–Kier alpha value is -4.51. The summed E-state index contributed by atoms with van der Waals surface area (Å²) in [6, 6.07) is 18.9. The van der Waals surface area contributed by atoms with Gasteiger partial charge in [0.15, 0.2) is 17.2 Å². The van der Waals surface area contributed by atoms with Crippen LogP contribution in [0.5, 0.6) is 17.2 Å². The Morgan fingerprint density at radius 1 is 1.03 bits per heavy atom. The largest absolute Gasteiger partial charge is 0.495 e. The van der Waals surface area contributed by atoms with Gasteiger partial charge in [-0.2, -0.15) is 5.10 Å². The lowest BCUT2D eigenvalue weighted by molar-refractivity contribution is 0.417. The molecular formula is C26H25N5O5S. The van der Waals surface area contributed by atoms with E-state index in [0.29, 0.717) is 39.7 Å². The van der Waals surface area contributed by atoms with E-state index in [-0.39, 0.29) is 10.7 Å². The van der Waals surface area contributed by atoms with E-state index in [9.17, 15) is 8.42 Å². The first kappa shape index (κ1) is 24.2. The van der Waals surface area contributed by atoms with Crippen LogP contribution in [-0.2, 0) is 16.4 Å². The van der Waals surface area contributed by atoms with Gasteiger partial charge < -0.3 is 19.3 Å². The number of H-pyrrole nitrogens is 1. The summed E-state index contributed by atoms with van der Waals surface area (Å²) >= 11 is 0. The summed E-state index contributed by atoms with van der Waals surface area (Å²) in [5.74, 6) is 2.11. The summed E-state index contributed by atoms with van der Waals surface area (Å²) in [6.07, 6.45) is 0.817. The Morgan fingerprint density at radius 3 is 2.57 bits per heavy atom. The van der Waals surface area contributed by atoms with Crippen molar-refractivity contribution in [2.45, 2.75) is 25.2 Å². The molecule has 0 radical (unpaired) electrons. The van der Waals surface area contributed by atoms with Gasteiger partial charge in [0.25, 0.3) is 10.0 Å². The maximum absolute atomic E-state index is 13.2. The summed E-state index contributed by atoms with van der Waals surface area (Å²) in [6.45, 7) is 4.00. The molecule has 11 heteroatoms. The third-order valence-corrected chi connectivity index (χ3v) is 7.01. The van der Waals surface area contributed by atoms with Crippen LogP contribution in [0.4, 0.5) is 17.3 Å². The molecule has 0 atom stereocenters. The average molecular weight is 520 g/mol. The van der Waals surface area contributed by atoms with Gasteiger partial charge in [0.1, 0.15) is 17.2 Å². The van der Waals surface area contributed by atoms with Gasteiger partial charge in [-0.1, -0.05) is 35.8 Å². The second-order valence-corrected chi connectivity index (χ2v) is 10.0. The average Bonchev–Trinajstić information content (AvgIpc) is 3.51. The van der Waals surface area contributed by atoms with Crippen LogP contribution in [0.15, 0.2) is 76.1 Å². The second kappa shape index (κ2) is 9.86. The molecule has 0 aliphatic carbocycles. The molecule has 2 heterocycles. The predicted molar refractivity (Wildman–Crippen MR) is 140 cm³/mol. The lowest BCUT2D eigenvalue weighted by atomic mass is 10.2. The number of nitrogens with zero attached hydrogens (tertiary/aromatic N) is 2. The zero-order chi connectivity index (χ0) is 26.0. The SMILES string of the molecule is CCc1cc(Nc2cc3onc(NS(=O)(=O)c4cccc(Oc5ccc(C)cc5)c4)c3cc2OC)n[nH]1. The molecule has 0 spiro atoms. The fraction of sp³-hybridized carbons (Fsp3) is 0.154. The van der Waals surface area contributed by atoms with Crippen LogP contribution >= 0.6 is 0 Å². The third kappa shape index (κ3) is 5.21. The van der Waals surface area contributed by atoms with Gasteiger partial charge in [-0.15, -0.1) is 0 Å². The zero-order valence-corrected chi connectivity index (χ0v) is 21.2.